The number of rotatable bonds is 2. The second-order valence-electron chi connectivity index (χ2n) is 5.32. The maximum atomic E-state index is 10.00. The van der Waals surface area contributed by atoms with E-state index in [0.717, 1.165) is 12.1 Å². The van der Waals surface area contributed by atoms with Crippen LogP contribution in [0, 0.1) is 6.92 Å². The summed E-state index contributed by atoms with van der Waals surface area (Å²) in [5.41, 5.74) is 2.29. The lowest BCUT2D eigenvalue weighted by molar-refractivity contribution is 0.113. The van der Waals surface area contributed by atoms with Gasteiger partial charge in [-0.15, -0.1) is 0 Å². The van der Waals surface area contributed by atoms with E-state index in [1.165, 1.54) is 24.8 Å². The van der Waals surface area contributed by atoms with Crippen LogP contribution in [-0.4, -0.2) is 22.6 Å². The smallest absolute Gasteiger partial charge is 0.120 e. The summed E-state index contributed by atoms with van der Waals surface area (Å²) in [6.07, 6.45) is 3.89. The van der Waals surface area contributed by atoms with E-state index in [9.17, 15) is 5.11 Å². The number of aromatic hydroxyl groups is 1. The van der Waals surface area contributed by atoms with E-state index in [0.29, 0.717) is 17.8 Å². The molecule has 0 bridgehead atoms. The van der Waals surface area contributed by atoms with Gasteiger partial charge in [0.2, 0.25) is 0 Å². The molecule has 1 saturated heterocycles. The molecule has 1 aromatic rings. The number of nitrogens with zero attached hydrogens (tertiary/aromatic N) is 1. The topological polar surface area (TPSA) is 23.5 Å². The molecule has 1 aliphatic heterocycles. The first-order valence-electron chi connectivity index (χ1n) is 6.65. The van der Waals surface area contributed by atoms with Gasteiger partial charge < -0.3 is 5.11 Å². The highest BCUT2D eigenvalue weighted by Crippen LogP contribution is 2.33. The summed E-state index contributed by atoms with van der Waals surface area (Å²) in [4.78, 5) is 2.51. The summed E-state index contributed by atoms with van der Waals surface area (Å²) in [6.45, 7) is 7.73. The Morgan fingerprint density at radius 1 is 1.35 bits per heavy atom. The number of piperidine rings is 1. The van der Waals surface area contributed by atoms with Crippen molar-refractivity contribution in [2.75, 3.05) is 6.54 Å². The summed E-state index contributed by atoms with van der Waals surface area (Å²) in [7, 11) is 0. The summed E-state index contributed by atoms with van der Waals surface area (Å²) in [6, 6.07) is 6.83. The van der Waals surface area contributed by atoms with Gasteiger partial charge in [0.25, 0.3) is 0 Å². The Balaban J connectivity index is 2.23. The molecular formula is C15H23NO. The Hall–Kier alpha value is -1.02. The molecule has 2 unspecified atom stereocenters. The van der Waals surface area contributed by atoms with E-state index in [1.807, 2.05) is 12.1 Å². The van der Waals surface area contributed by atoms with E-state index in [2.05, 4.69) is 31.7 Å². The maximum absolute atomic E-state index is 10.00. The first kappa shape index (κ1) is 12.4. The van der Waals surface area contributed by atoms with Crippen LogP contribution in [0.2, 0.25) is 0 Å². The first-order chi connectivity index (χ1) is 8.09. The molecule has 2 rings (SSSR count). The van der Waals surface area contributed by atoms with Gasteiger partial charge in [-0.05, 0) is 46.2 Å². The van der Waals surface area contributed by atoms with Crippen LogP contribution >= 0.6 is 0 Å². The van der Waals surface area contributed by atoms with E-state index < -0.39 is 0 Å². The summed E-state index contributed by atoms with van der Waals surface area (Å²) >= 11 is 0. The Morgan fingerprint density at radius 2 is 2.12 bits per heavy atom. The molecule has 2 nitrogen and oxygen atoms in total. The normalized spacial score (nSPS) is 23.6. The number of hydrogen-bond donors (Lipinski definition) is 1. The minimum absolute atomic E-state index is 0.310. The molecule has 0 amide bonds. The van der Waals surface area contributed by atoms with Crippen molar-refractivity contribution in [3.05, 3.63) is 29.3 Å². The van der Waals surface area contributed by atoms with Crippen LogP contribution in [0.4, 0.5) is 0 Å². The molecule has 1 aromatic carbocycles. The Labute approximate surface area is 104 Å². The predicted molar refractivity (Wildman–Crippen MR) is 71.3 cm³/mol. The SMILES string of the molecule is Cc1ccc(O)c(C(C)N2CCCCC2C)c1. The first-order valence-corrected chi connectivity index (χ1v) is 6.65. The minimum atomic E-state index is 0.310. The van der Waals surface area contributed by atoms with Gasteiger partial charge in [0.05, 0.1) is 0 Å². The van der Waals surface area contributed by atoms with Crippen molar-refractivity contribution in [1.29, 1.82) is 0 Å². The zero-order valence-corrected chi connectivity index (χ0v) is 11.1. The fraction of sp³-hybridized carbons (Fsp3) is 0.600. The van der Waals surface area contributed by atoms with Gasteiger partial charge in [-0.3, -0.25) is 4.90 Å². The van der Waals surface area contributed by atoms with Gasteiger partial charge in [0.1, 0.15) is 5.75 Å². The van der Waals surface area contributed by atoms with Crippen molar-refractivity contribution in [1.82, 2.24) is 4.90 Å². The van der Waals surface area contributed by atoms with E-state index >= 15 is 0 Å². The zero-order valence-electron chi connectivity index (χ0n) is 11.1. The summed E-state index contributed by atoms with van der Waals surface area (Å²) < 4.78 is 0. The fourth-order valence-electron chi connectivity index (χ4n) is 2.88. The van der Waals surface area contributed by atoms with Gasteiger partial charge in [-0.2, -0.15) is 0 Å². The molecular weight excluding hydrogens is 210 g/mol. The van der Waals surface area contributed by atoms with Gasteiger partial charge >= 0.3 is 0 Å². The van der Waals surface area contributed by atoms with E-state index in [-0.39, 0.29) is 0 Å². The molecule has 94 valence electrons. The maximum Gasteiger partial charge on any atom is 0.120 e. The lowest BCUT2D eigenvalue weighted by Gasteiger charge is -2.38. The summed E-state index contributed by atoms with van der Waals surface area (Å²) in [5, 5.41) is 10.00. The highest BCUT2D eigenvalue weighted by atomic mass is 16.3. The monoisotopic (exact) mass is 233 g/mol. The predicted octanol–water partition coefficient (Wildman–Crippen LogP) is 3.64. The minimum Gasteiger partial charge on any atom is -0.508 e. The van der Waals surface area contributed by atoms with E-state index in [1.54, 1.807) is 0 Å². The lowest BCUT2D eigenvalue weighted by Crippen LogP contribution is -2.39. The molecule has 1 fully saturated rings. The number of phenolic OH excluding ortho intramolecular Hbond substituents is 1. The van der Waals surface area contributed by atoms with Crippen LogP contribution in [0.3, 0.4) is 0 Å². The second-order valence-corrected chi connectivity index (χ2v) is 5.32. The molecule has 17 heavy (non-hydrogen) atoms. The number of phenols is 1. The second kappa shape index (κ2) is 5.09. The molecule has 2 heteroatoms. The molecule has 1 N–H and O–H groups in total. The number of benzene rings is 1. The Bertz CT molecular complexity index is 389. The lowest BCUT2D eigenvalue weighted by atomic mass is 9.97. The van der Waals surface area contributed by atoms with Crippen molar-refractivity contribution in [3.8, 4) is 5.75 Å². The molecule has 0 radical (unpaired) electrons. The van der Waals surface area contributed by atoms with Crippen molar-refractivity contribution in [2.24, 2.45) is 0 Å². The molecule has 1 heterocycles. The number of likely N-dealkylation sites (tertiary alicyclic amines) is 1. The highest BCUT2D eigenvalue weighted by Gasteiger charge is 2.25. The third-order valence-electron chi connectivity index (χ3n) is 3.98. The zero-order chi connectivity index (χ0) is 12.4. The fourth-order valence-corrected chi connectivity index (χ4v) is 2.88. The van der Waals surface area contributed by atoms with Crippen LogP contribution in [0.25, 0.3) is 0 Å². The largest absolute Gasteiger partial charge is 0.508 e. The Kier molecular flexibility index (Phi) is 3.72. The molecule has 0 aliphatic carbocycles. The van der Waals surface area contributed by atoms with Crippen LogP contribution in [0.15, 0.2) is 18.2 Å². The number of aryl methyl sites for hydroxylation is 1. The highest BCUT2D eigenvalue weighted by molar-refractivity contribution is 5.37. The average Bonchev–Trinajstić information content (AvgIpc) is 2.32. The standard InChI is InChI=1S/C15H23NO/c1-11-7-8-15(17)14(10-11)13(3)16-9-5-4-6-12(16)2/h7-8,10,12-13,17H,4-6,9H2,1-3H3. The van der Waals surface area contributed by atoms with Crippen molar-refractivity contribution >= 4 is 0 Å². The van der Waals surface area contributed by atoms with Crippen LogP contribution in [0.5, 0.6) is 5.75 Å². The molecule has 2 atom stereocenters. The molecule has 0 spiro atoms. The molecule has 0 aromatic heterocycles. The van der Waals surface area contributed by atoms with Gasteiger partial charge in [-0.25, -0.2) is 0 Å². The number of hydrogen-bond acceptors (Lipinski definition) is 2. The van der Waals surface area contributed by atoms with Gasteiger partial charge in [0, 0.05) is 17.6 Å². The molecule has 0 saturated carbocycles. The quantitative estimate of drug-likeness (QED) is 0.843. The van der Waals surface area contributed by atoms with Crippen LogP contribution < -0.4 is 0 Å². The van der Waals surface area contributed by atoms with Crippen molar-refractivity contribution in [3.63, 3.8) is 0 Å². The third-order valence-corrected chi connectivity index (χ3v) is 3.98. The van der Waals surface area contributed by atoms with Crippen LogP contribution in [0.1, 0.15) is 50.3 Å². The van der Waals surface area contributed by atoms with Gasteiger partial charge in [-0.1, -0.05) is 24.1 Å². The Morgan fingerprint density at radius 3 is 2.82 bits per heavy atom. The van der Waals surface area contributed by atoms with Crippen molar-refractivity contribution in [2.45, 2.75) is 52.1 Å². The van der Waals surface area contributed by atoms with Gasteiger partial charge in [0.15, 0.2) is 0 Å². The van der Waals surface area contributed by atoms with Crippen molar-refractivity contribution < 1.29 is 5.11 Å². The average molecular weight is 233 g/mol. The van der Waals surface area contributed by atoms with E-state index in [4.69, 9.17) is 0 Å². The molecule has 1 aliphatic rings. The summed E-state index contributed by atoms with van der Waals surface area (Å²) in [5.74, 6) is 0.431. The third kappa shape index (κ3) is 2.63. The van der Waals surface area contributed by atoms with Crippen LogP contribution in [-0.2, 0) is 0 Å².